The summed E-state index contributed by atoms with van der Waals surface area (Å²) >= 11 is 0. The van der Waals surface area contributed by atoms with E-state index in [-0.39, 0.29) is 5.96 Å². The molecule has 0 heterocycles. The van der Waals surface area contributed by atoms with Crippen molar-refractivity contribution in [3.05, 3.63) is 59.2 Å². The molecule has 0 spiro atoms. The molecule has 4 N–H and O–H groups in total. The Kier molecular flexibility index (Phi) is 5.57. The molecule has 2 aromatic rings. The van der Waals surface area contributed by atoms with Gasteiger partial charge in [0.2, 0.25) is 5.96 Å². The predicted octanol–water partition coefficient (Wildman–Crippen LogP) is 2.19. The highest BCUT2D eigenvalue weighted by Gasteiger charge is 2.10. The number of nitrogens with zero attached hydrogens (tertiary/aromatic N) is 2. The van der Waals surface area contributed by atoms with Crippen LogP contribution in [0.15, 0.2) is 52.7 Å². The lowest BCUT2D eigenvalue weighted by Crippen LogP contribution is -2.21. The number of nitrogens with two attached hydrogens (primary N) is 2. The number of guanidine groups is 1. The summed E-state index contributed by atoms with van der Waals surface area (Å²) in [5.41, 5.74) is 13.5. The van der Waals surface area contributed by atoms with Crippen molar-refractivity contribution in [2.75, 3.05) is 7.11 Å². The first-order chi connectivity index (χ1) is 11.1. The summed E-state index contributed by atoms with van der Waals surface area (Å²) in [4.78, 5) is 0. The van der Waals surface area contributed by atoms with Crippen LogP contribution in [0.5, 0.6) is 11.5 Å². The summed E-state index contributed by atoms with van der Waals surface area (Å²) in [6.07, 6.45) is 1.52. The lowest BCUT2D eigenvalue weighted by Gasteiger charge is -2.14. The molecule has 0 atom stereocenters. The largest absolute Gasteiger partial charge is 0.493 e. The standard InChI is InChI=1S/C17H20N4O2/c1-12-6-3-4-7-14(12)11-23-16-13(10-20-21-17(18)19)8-5-9-15(16)22-2/h3-10H,11H2,1-2H3,(H4,18,19,21). The lowest BCUT2D eigenvalue weighted by atomic mass is 10.1. The molecule has 0 radical (unpaired) electrons. The van der Waals surface area contributed by atoms with E-state index in [9.17, 15) is 0 Å². The summed E-state index contributed by atoms with van der Waals surface area (Å²) in [7, 11) is 1.59. The van der Waals surface area contributed by atoms with E-state index in [1.54, 1.807) is 7.11 Å². The van der Waals surface area contributed by atoms with Crippen molar-refractivity contribution in [3.8, 4) is 11.5 Å². The number of aryl methyl sites for hydroxylation is 1. The first kappa shape index (κ1) is 16.4. The van der Waals surface area contributed by atoms with Gasteiger partial charge in [-0.25, -0.2) is 0 Å². The molecule has 0 aliphatic rings. The van der Waals surface area contributed by atoms with Crippen molar-refractivity contribution in [3.63, 3.8) is 0 Å². The molecule has 0 saturated carbocycles. The average molecular weight is 312 g/mol. The molecule has 6 heteroatoms. The van der Waals surface area contributed by atoms with E-state index >= 15 is 0 Å². The fraction of sp³-hybridized carbons (Fsp3) is 0.176. The molecule has 6 nitrogen and oxygen atoms in total. The third kappa shape index (κ3) is 4.47. The van der Waals surface area contributed by atoms with Crippen molar-refractivity contribution < 1.29 is 9.47 Å². The second kappa shape index (κ2) is 7.84. The topological polar surface area (TPSA) is 95.2 Å². The van der Waals surface area contributed by atoms with Crippen LogP contribution in [0.25, 0.3) is 0 Å². The first-order valence-corrected chi connectivity index (χ1v) is 7.08. The van der Waals surface area contributed by atoms with Crippen molar-refractivity contribution in [1.82, 2.24) is 0 Å². The van der Waals surface area contributed by atoms with E-state index in [1.807, 2.05) is 49.4 Å². The van der Waals surface area contributed by atoms with Gasteiger partial charge in [0.05, 0.1) is 13.3 Å². The fourth-order valence-electron chi connectivity index (χ4n) is 2.03. The van der Waals surface area contributed by atoms with Gasteiger partial charge in [0, 0.05) is 5.56 Å². The second-order valence-electron chi connectivity index (χ2n) is 4.86. The van der Waals surface area contributed by atoms with Crippen LogP contribution in [0.2, 0.25) is 0 Å². The fourth-order valence-corrected chi connectivity index (χ4v) is 2.03. The number of rotatable bonds is 6. The van der Waals surface area contributed by atoms with E-state index in [0.29, 0.717) is 18.1 Å². The normalized spacial score (nSPS) is 10.5. The Morgan fingerprint density at radius 1 is 1.13 bits per heavy atom. The highest BCUT2D eigenvalue weighted by Crippen LogP contribution is 2.31. The van der Waals surface area contributed by atoms with E-state index in [2.05, 4.69) is 10.2 Å². The second-order valence-corrected chi connectivity index (χ2v) is 4.86. The number of para-hydroxylation sites is 1. The van der Waals surface area contributed by atoms with Crippen LogP contribution < -0.4 is 20.9 Å². The molecule has 0 aliphatic heterocycles. The summed E-state index contributed by atoms with van der Waals surface area (Å²) in [5, 5.41) is 7.42. The van der Waals surface area contributed by atoms with Gasteiger partial charge < -0.3 is 20.9 Å². The zero-order valence-electron chi connectivity index (χ0n) is 13.2. The van der Waals surface area contributed by atoms with Crippen LogP contribution in [-0.4, -0.2) is 19.3 Å². The smallest absolute Gasteiger partial charge is 0.211 e. The average Bonchev–Trinajstić information content (AvgIpc) is 2.54. The Labute approximate surface area is 135 Å². The van der Waals surface area contributed by atoms with E-state index in [4.69, 9.17) is 20.9 Å². The number of ether oxygens (including phenoxy) is 2. The molecule has 2 rings (SSSR count). The highest BCUT2D eigenvalue weighted by molar-refractivity contribution is 5.86. The first-order valence-electron chi connectivity index (χ1n) is 7.08. The third-order valence-corrected chi connectivity index (χ3v) is 3.23. The quantitative estimate of drug-likeness (QED) is 0.485. The Morgan fingerprint density at radius 2 is 1.91 bits per heavy atom. The minimum atomic E-state index is -0.105. The molecule has 0 bridgehead atoms. The molecule has 120 valence electrons. The molecular formula is C17H20N4O2. The van der Waals surface area contributed by atoms with E-state index in [1.165, 1.54) is 6.21 Å². The van der Waals surface area contributed by atoms with Gasteiger partial charge in [-0.1, -0.05) is 30.3 Å². The van der Waals surface area contributed by atoms with Gasteiger partial charge in [-0.2, -0.15) is 5.10 Å². The van der Waals surface area contributed by atoms with Gasteiger partial charge in [-0.05, 0) is 30.2 Å². The Bertz CT molecular complexity index is 722. The molecular weight excluding hydrogens is 292 g/mol. The van der Waals surface area contributed by atoms with Crippen LogP contribution >= 0.6 is 0 Å². The molecule has 0 saturated heterocycles. The van der Waals surface area contributed by atoms with Gasteiger partial charge >= 0.3 is 0 Å². The van der Waals surface area contributed by atoms with Crippen LogP contribution in [0, 0.1) is 6.92 Å². The zero-order chi connectivity index (χ0) is 16.7. The number of methoxy groups -OCH3 is 1. The Hall–Kier alpha value is -3.02. The maximum absolute atomic E-state index is 5.96. The third-order valence-electron chi connectivity index (χ3n) is 3.23. The lowest BCUT2D eigenvalue weighted by molar-refractivity contribution is 0.283. The van der Waals surface area contributed by atoms with Gasteiger partial charge in [0.1, 0.15) is 6.61 Å². The molecule has 0 aliphatic carbocycles. The molecule has 0 aromatic heterocycles. The van der Waals surface area contributed by atoms with Gasteiger partial charge in [0.25, 0.3) is 0 Å². The maximum Gasteiger partial charge on any atom is 0.211 e. The zero-order valence-corrected chi connectivity index (χ0v) is 13.2. The molecule has 0 amide bonds. The monoisotopic (exact) mass is 312 g/mol. The summed E-state index contributed by atoms with van der Waals surface area (Å²) < 4.78 is 11.3. The molecule has 0 fully saturated rings. The van der Waals surface area contributed by atoms with Crippen LogP contribution in [-0.2, 0) is 6.61 Å². The van der Waals surface area contributed by atoms with Crippen molar-refractivity contribution in [1.29, 1.82) is 0 Å². The number of hydrogen-bond donors (Lipinski definition) is 2. The summed E-state index contributed by atoms with van der Waals surface area (Å²) in [6.45, 7) is 2.47. The van der Waals surface area contributed by atoms with Gasteiger partial charge in [-0.15, -0.1) is 5.10 Å². The van der Waals surface area contributed by atoms with Crippen molar-refractivity contribution in [2.45, 2.75) is 13.5 Å². The molecule has 2 aromatic carbocycles. The van der Waals surface area contributed by atoms with Gasteiger partial charge in [-0.3, -0.25) is 0 Å². The summed E-state index contributed by atoms with van der Waals surface area (Å²) in [6, 6.07) is 13.6. The summed E-state index contributed by atoms with van der Waals surface area (Å²) in [5.74, 6) is 1.10. The van der Waals surface area contributed by atoms with Crippen LogP contribution in [0.3, 0.4) is 0 Å². The number of hydrogen-bond acceptors (Lipinski definition) is 4. The van der Waals surface area contributed by atoms with E-state index < -0.39 is 0 Å². The van der Waals surface area contributed by atoms with Crippen LogP contribution in [0.1, 0.15) is 16.7 Å². The Balaban J connectivity index is 2.26. The Morgan fingerprint density at radius 3 is 2.61 bits per heavy atom. The maximum atomic E-state index is 5.96. The minimum absolute atomic E-state index is 0.105. The molecule has 0 unspecified atom stereocenters. The van der Waals surface area contributed by atoms with Gasteiger partial charge in [0.15, 0.2) is 11.5 Å². The van der Waals surface area contributed by atoms with E-state index in [0.717, 1.165) is 16.7 Å². The highest BCUT2D eigenvalue weighted by atomic mass is 16.5. The SMILES string of the molecule is COc1cccc(C=NN=C(N)N)c1OCc1ccccc1C. The van der Waals surface area contributed by atoms with Crippen molar-refractivity contribution in [2.24, 2.45) is 21.7 Å². The number of benzene rings is 2. The van der Waals surface area contributed by atoms with Crippen LogP contribution in [0.4, 0.5) is 0 Å². The minimum Gasteiger partial charge on any atom is -0.493 e. The predicted molar refractivity (Wildman–Crippen MR) is 91.9 cm³/mol. The molecule has 23 heavy (non-hydrogen) atoms. The van der Waals surface area contributed by atoms with Crippen molar-refractivity contribution >= 4 is 12.2 Å².